The normalized spacial score (nSPS) is 12.7. The van der Waals surface area contributed by atoms with Crippen molar-refractivity contribution >= 4 is 0 Å². The highest BCUT2D eigenvalue weighted by atomic mass is 19.1. The number of nitrogens with zero attached hydrogens (tertiary/aromatic N) is 1. The standard InChI is InChI=1S/C16H17F2NO/c1-19(10-13-14(17)8-5-9-15(13)18)11-16(20)12-6-3-2-4-7-12/h2-9,16,20H,10-11H2,1H3. The summed E-state index contributed by atoms with van der Waals surface area (Å²) < 4.78 is 27.1. The van der Waals surface area contributed by atoms with Gasteiger partial charge in [-0.05, 0) is 24.7 Å². The number of likely N-dealkylation sites (N-methyl/N-ethyl adjacent to an activating group) is 1. The Morgan fingerprint density at radius 3 is 2.20 bits per heavy atom. The van der Waals surface area contributed by atoms with E-state index in [4.69, 9.17) is 0 Å². The van der Waals surface area contributed by atoms with Crippen LogP contribution in [-0.4, -0.2) is 23.6 Å². The van der Waals surface area contributed by atoms with Gasteiger partial charge in [0.05, 0.1) is 6.10 Å². The van der Waals surface area contributed by atoms with Crippen molar-refractivity contribution in [3.8, 4) is 0 Å². The molecule has 0 aromatic heterocycles. The smallest absolute Gasteiger partial charge is 0.130 e. The minimum absolute atomic E-state index is 0.0234. The second-order valence-electron chi connectivity index (χ2n) is 4.82. The molecule has 0 aliphatic rings. The number of aliphatic hydroxyl groups is 1. The maximum absolute atomic E-state index is 13.5. The van der Waals surface area contributed by atoms with E-state index in [1.165, 1.54) is 18.2 Å². The molecular formula is C16H17F2NO. The number of halogens is 2. The van der Waals surface area contributed by atoms with Gasteiger partial charge in [0.25, 0.3) is 0 Å². The van der Waals surface area contributed by atoms with E-state index in [2.05, 4.69) is 0 Å². The van der Waals surface area contributed by atoms with E-state index >= 15 is 0 Å². The van der Waals surface area contributed by atoms with Crippen molar-refractivity contribution in [1.82, 2.24) is 4.90 Å². The van der Waals surface area contributed by atoms with E-state index in [0.29, 0.717) is 6.54 Å². The van der Waals surface area contributed by atoms with E-state index in [0.717, 1.165) is 5.56 Å². The van der Waals surface area contributed by atoms with Crippen LogP contribution < -0.4 is 0 Å². The molecule has 0 bridgehead atoms. The zero-order chi connectivity index (χ0) is 14.5. The summed E-state index contributed by atoms with van der Waals surface area (Å²) in [4.78, 5) is 1.69. The first kappa shape index (κ1) is 14.6. The highest BCUT2D eigenvalue weighted by Gasteiger charge is 2.14. The van der Waals surface area contributed by atoms with Crippen LogP contribution in [0.3, 0.4) is 0 Å². The molecule has 20 heavy (non-hydrogen) atoms. The van der Waals surface area contributed by atoms with E-state index in [1.807, 2.05) is 30.3 Å². The molecule has 0 saturated carbocycles. The van der Waals surface area contributed by atoms with Gasteiger partial charge in [0, 0.05) is 18.7 Å². The Balaban J connectivity index is 2.01. The van der Waals surface area contributed by atoms with Gasteiger partial charge in [0.1, 0.15) is 11.6 Å². The SMILES string of the molecule is CN(Cc1c(F)cccc1F)CC(O)c1ccccc1. The van der Waals surface area contributed by atoms with Gasteiger partial charge in [0.15, 0.2) is 0 Å². The average molecular weight is 277 g/mol. The molecule has 0 fully saturated rings. The Hall–Kier alpha value is -1.78. The molecule has 2 aromatic carbocycles. The molecule has 0 aliphatic carbocycles. The van der Waals surface area contributed by atoms with Gasteiger partial charge >= 0.3 is 0 Å². The molecule has 2 rings (SSSR count). The number of hydrogen-bond acceptors (Lipinski definition) is 2. The third-order valence-electron chi connectivity index (χ3n) is 3.16. The topological polar surface area (TPSA) is 23.5 Å². The Kier molecular flexibility index (Phi) is 4.82. The van der Waals surface area contributed by atoms with Crippen LogP contribution in [-0.2, 0) is 6.54 Å². The quantitative estimate of drug-likeness (QED) is 0.907. The number of benzene rings is 2. The van der Waals surface area contributed by atoms with Crippen molar-refractivity contribution in [3.63, 3.8) is 0 Å². The molecule has 1 N–H and O–H groups in total. The van der Waals surface area contributed by atoms with Crippen LogP contribution >= 0.6 is 0 Å². The maximum atomic E-state index is 13.5. The zero-order valence-electron chi connectivity index (χ0n) is 11.3. The third kappa shape index (κ3) is 3.62. The monoisotopic (exact) mass is 277 g/mol. The van der Waals surface area contributed by atoms with Crippen molar-refractivity contribution < 1.29 is 13.9 Å². The molecule has 106 valence electrons. The van der Waals surface area contributed by atoms with Gasteiger partial charge in [-0.15, -0.1) is 0 Å². The third-order valence-corrected chi connectivity index (χ3v) is 3.16. The number of aliphatic hydroxyl groups excluding tert-OH is 1. The predicted molar refractivity (Wildman–Crippen MR) is 74.1 cm³/mol. The summed E-state index contributed by atoms with van der Waals surface area (Å²) in [6.07, 6.45) is -0.684. The first-order valence-electron chi connectivity index (χ1n) is 6.42. The summed E-state index contributed by atoms with van der Waals surface area (Å²) in [6, 6.07) is 13.0. The number of rotatable bonds is 5. The van der Waals surface area contributed by atoms with E-state index < -0.39 is 17.7 Å². The van der Waals surface area contributed by atoms with Gasteiger partial charge in [-0.1, -0.05) is 36.4 Å². The van der Waals surface area contributed by atoms with E-state index in [1.54, 1.807) is 11.9 Å². The lowest BCUT2D eigenvalue weighted by Gasteiger charge is -2.21. The number of hydrogen-bond donors (Lipinski definition) is 1. The lowest BCUT2D eigenvalue weighted by Crippen LogP contribution is -2.25. The van der Waals surface area contributed by atoms with Crippen molar-refractivity contribution in [2.75, 3.05) is 13.6 Å². The van der Waals surface area contributed by atoms with E-state index in [9.17, 15) is 13.9 Å². The lowest BCUT2D eigenvalue weighted by atomic mass is 10.1. The summed E-state index contributed by atoms with van der Waals surface area (Å²) >= 11 is 0. The fraction of sp³-hybridized carbons (Fsp3) is 0.250. The fourth-order valence-electron chi connectivity index (χ4n) is 2.09. The molecule has 4 heteroatoms. The summed E-state index contributed by atoms with van der Waals surface area (Å²) in [7, 11) is 1.72. The minimum Gasteiger partial charge on any atom is -0.387 e. The predicted octanol–water partition coefficient (Wildman–Crippen LogP) is 3.13. The second kappa shape index (κ2) is 6.59. The summed E-state index contributed by atoms with van der Waals surface area (Å²) in [5.41, 5.74) is 0.809. The average Bonchev–Trinajstić information content (AvgIpc) is 2.44. The molecule has 0 amide bonds. The first-order valence-corrected chi connectivity index (χ1v) is 6.42. The molecule has 0 radical (unpaired) electrons. The highest BCUT2D eigenvalue weighted by Crippen LogP contribution is 2.17. The van der Waals surface area contributed by atoms with E-state index in [-0.39, 0.29) is 12.1 Å². The van der Waals surface area contributed by atoms with Gasteiger partial charge in [0.2, 0.25) is 0 Å². The molecule has 1 unspecified atom stereocenters. The van der Waals surface area contributed by atoms with Crippen LogP contribution in [0, 0.1) is 11.6 Å². The summed E-state index contributed by atoms with van der Waals surface area (Å²) in [6.45, 7) is 0.417. The molecule has 0 heterocycles. The van der Waals surface area contributed by atoms with Crippen LogP contribution in [0.2, 0.25) is 0 Å². The lowest BCUT2D eigenvalue weighted by molar-refractivity contribution is 0.122. The molecule has 0 spiro atoms. The molecular weight excluding hydrogens is 260 g/mol. The van der Waals surface area contributed by atoms with Gasteiger partial charge in [-0.2, -0.15) is 0 Å². The summed E-state index contributed by atoms with van der Waals surface area (Å²) in [5.74, 6) is -1.13. The Bertz CT molecular complexity index is 539. The molecule has 0 aliphatic heterocycles. The molecule has 2 nitrogen and oxygen atoms in total. The largest absolute Gasteiger partial charge is 0.387 e. The first-order chi connectivity index (χ1) is 9.58. The Morgan fingerprint density at radius 1 is 1.00 bits per heavy atom. The summed E-state index contributed by atoms with van der Waals surface area (Å²) in [5, 5.41) is 10.1. The van der Waals surface area contributed by atoms with Gasteiger partial charge in [-0.3, -0.25) is 4.90 Å². The van der Waals surface area contributed by atoms with Crippen molar-refractivity contribution in [2.45, 2.75) is 12.6 Å². The van der Waals surface area contributed by atoms with Crippen LogP contribution in [0.4, 0.5) is 8.78 Å². The Morgan fingerprint density at radius 2 is 1.60 bits per heavy atom. The fourth-order valence-corrected chi connectivity index (χ4v) is 2.09. The molecule has 1 atom stereocenters. The molecule has 2 aromatic rings. The zero-order valence-corrected chi connectivity index (χ0v) is 11.3. The second-order valence-corrected chi connectivity index (χ2v) is 4.82. The minimum atomic E-state index is -0.684. The van der Waals surface area contributed by atoms with Crippen molar-refractivity contribution in [1.29, 1.82) is 0 Å². The maximum Gasteiger partial charge on any atom is 0.130 e. The highest BCUT2D eigenvalue weighted by molar-refractivity contribution is 5.20. The van der Waals surface area contributed by atoms with Crippen LogP contribution in [0.15, 0.2) is 48.5 Å². The Labute approximate surface area is 117 Å². The van der Waals surface area contributed by atoms with Crippen LogP contribution in [0.25, 0.3) is 0 Å². The van der Waals surface area contributed by atoms with Crippen molar-refractivity contribution in [3.05, 3.63) is 71.3 Å². The van der Waals surface area contributed by atoms with Gasteiger partial charge < -0.3 is 5.11 Å². The molecule has 0 saturated heterocycles. The van der Waals surface area contributed by atoms with Crippen LogP contribution in [0.1, 0.15) is 17.2 Å². The van der Waals surface area contributed by atoms with Gasteiger partial charge in [-0.25, -0.2) is 8.78 Å². The van der Waals surface area contributed by atoms with Crippen molar-refractivity contribution in [2.24, 2.45) is 0 Å². The van der Waals surface area contributed by atoms with Crippen LogP contribution in [0.5, 0.6) is 0 Å².